The fourth-order valence-electron chi connectivity index (χ4n) is 2.23. The molecule has 0 atom stereocenters. The molecule has 0 spiro atoms. The number of carbonyl (C=O) groups excluding carboxylic acids is 1. The molecule has 0 bridgehead atoms. The Morgan fingerprint density at radius 2 is 2.14 bits per heavy atom. The fraction of sp³-hybridized carbons (Fsp3) is 0.375. The van der Waals surface area contributed by atoms with Crippen LogP contribution in [0.2, 0.25) is 0 Å². The molecule has 1 aliphatic heterocycles. The second-order valence-corrected chi connectivity index (χ2v) is 6.45. The number of nitrogens with zero attached hydrogens (tertiary/aromatic N) is 2. The summed E-state index contributed by atoms with van der Waals surface area (Å²) in [6.07, 6.45) is 0. The van der Waals surface area contributed by atoms with Gasteiger partial charge in [-0.05, 0) is 18.2 Å². The minimum atomic E-state index is -0.0580. The minimum absolute atomic E-state index is 0.0580. The van der Waals surface area contributed by atoms with E-state index in [-0.39, 0.29) is 12.7 Å². The number of fused-ring (bicyclic) bond motifs is 1. The van der Waals surface area contributed by atoms with Crippen molar-refractivity contribution in [1.29, 1.82) is 0 Å². The summed E-state index contributed by atoms with van der Waals surface area (Å²) in [6.45, 7) is 4.93. The number of ether oxygens (including phenoxy) is 2. The molecule has 0 aliphatic carbocycles. The molecule has 2 aromatic rings. The molecule has 0 fully saturated rings. The summed E-state index contributed by atoms with van der Waals surface area (Å²) < 4.78 is 10.6. The second kappa shape index (κ2) is 5.96. The Hall–Kier alpha value is -2.08. The van der Waals surface area contributed by atoms with Crippen molar-refractivity contribution in [1.82, 2.24) is 9.88 Å². The zero-order chi connectivity index (χ0) is 15.7. The molecule has 3 rings (SSSR count). The summed E-state index contributed by atoms with van der Waals surface area (Å²) in [5, 5.41) is 3.11. The third-order valence-corrected chi connectivity index (χ3v) is 4.62. The number of hydrogen-bond acceptors (Lipinski definition) is 5. The summed E-state index contributed by atoms with van der Waals surface area (Å²) in [6, 6.07) is 5.25. The first-order valence-corrected chi connectivity index (χ1v) is 8.02. The van der Waals surface area contributed by atoms with E-state index in [0.29, 0.717) is 29.5 Å². The van der Waals surface area contributed by atoms with E-state index < -0.39 is 0 Å². The lowest BCUT2D eigenvalue weighted by molar-refractivity contribution is 0.0783. The Kier molecular flexibility index (Phi) is 4.02. The number of rotatable bonds is 4. The predicted octanol–water partition coefficient (Wildman–Crippen LogP) is 3.27. The molecule has 0 saturated heterocycles. The van der Waals surface area contributed by atoms with Crippen molar-refractivity contribution in [2.45, 2.75) is 26.3 Å². The number of benzene rings is 1. The first kappa shape index (κ1) is 14.8. The molecule has 1 amide bonds. The van der Waals surface area contributed by atoms with Crippen LogP contribution < -0.4 is 9.47 Å². The van der Waals surface area contributed by atoms with Crippen LogP contribution in [0.5, 0.6) is 11.5 Å². The maximum atomic E-state index is 12.5. The normalized spacial score (nSPS) is 12.7. The molecule has 6 heteroatoms. The monoisotopic (exact) mass is 318 g/mol. The van der Waals surface area contributed by atoms with Gasteiger partial charge in [-0.15, -0.1) is 11.3 Å². The molecule has 0 N–H and O–H groups in total. The van der Waals surface area contributed by atoms with Crippen LogP contribution >= 0.6 is 11.3 Å². The number of aromatic nitrogens is 1. The van der Waals surface area contributed by atoms with Crippen LogP contribution in [0.15, 0.2) is 23.6 Å². The van der Waals surface area contributed by atoms with Crippen molar-refractivity contribution in [3.8, 4) is 11.5 Å². The Morgan fingerprint density at radius 3 is 2.86 bits per heavy atom. The first-order chi connectivity index (χ1) is 10.5. The molecule has 0 radical (unpaired) electrons. The maximum Gasteiger partial charge on any atom is 0.254 e. The number of carbonyl (C=O) groups is 1. The molecule has 0 saturated carbocycles. The second-order valence-electron chi connectivity index (χ2n) is 5.56. The van der Waals surface area contributed by atoms with Crippen LogP contribution in [0.25, 0.3) is 0 Å². The van der Waals surface area contributed by atoms with E-state index in [9.17, 15) is 4.79 Å². The van der Waals surface area contributed by atoms with E-state index >= 15 is 0 Å². The minimum Gasteiger partial charge on any atom is -0.454 e. The largest absolute Gasteiger partial charge is 0.454 e. The van der Waals surface area contributed by atoms with Crippen molar-refractivity contribution in [2.75, 3.05) is 13.8 Å². The average Bonchev–Trinajstić information content (AvgIpc) is 3.14. The lowest BCUT2D eigenvalue weighted by atomic mass is 10.1. The lowest BCUT2D eigenvalue weighted by Crippen LogP contribution is -2.26. The van der Waals surface area contributed by atoms with Gasteiger partial charge in [0, 0.05) is 23.9 Å². The van der Waals surface area contributed by atoms with E-state index in [1.165, 1.54) is 0 Å². The van der Waals surface area contributed by atoms with E-state index in [0.717, 1.165) is 10.7 Å². The highest BCUT2D eigenvalue weighted by Crippen LogP contribution is 2.32. The van der Waals surface area contributed by atoms with Gasteiger partial charge in [-0.3, -0.25) is 4.79 Å². The number of amides is 1. The summed E-state index contributed by atoms with van der Waals surface area (Å²) >= 11 is 1.64. The third kappa shape index (κ3) is 2.92. The standard InChI is InChI=1S/C16H18N2O3S/c1-10(2)15-17-12(8-22-15)7-18(3)16(19)11-4-5-13-14(6-11)21-9-20-13/h4-6,8,10H,7,9H2,1-3H3. The lowest BCUT2D eigenvalue weighted by Gasteiger charge is -2.16. The van der Waals surface area contributed by atoms with Gasteiger partial charge >= 0.3 is 0 Å². The highest BCUT2D eigenvalue weighted by Gasteiger charge is 2.19. The van der Waals surface area contributed by atoms with Crippen molar-refractivity contribution in [3.05, 3.63) is 39.8 Å². The molecule has 1 aromatic carbocycles. The van der Waals surface area contributed by atoms with Crippen LogP contribution in [0.1, 0.15) is 40.8 Å². The smallest absolute Gasteiger partial charge is 0.254 e. The molecule has 5 nitrogen and oxygen atoms in total. The van der Waals surface area contributed by atoms with Crippen LogP contribution in [-0.4, -0.2) is 29.6 Å². The average molecular weight is 318 g/mol. The van der Waals surface area contributed by atoms with Crippen LogP contribution in [0.4, 0.5) is 0 Å². The van der Waals surface area contributed by atoms with Gasteiger partial charge in [-0.25, -0.2) is 4.98 Å². The third-order valence-electron chi connectivity index (χ3n) is 3.43. The number of thiazole rings is 1. The van der Waals surface area contributed by atoms with E-state index in [1.54, 1.807) is 41.5 Å². The quantitative estimate of drug-likeness (QED) is 0.868. The summed E-state index contributed by atoms with van der Waals surface area (Å²) in [5.41, 5.74) is 1.51. The van der Waals surface area contributed by atoms with Gasteiger partial charge in [0.2, 0.25) is 6.79 Å². The molecule has 1 aromatic heterocycles. The van der Waals surface area contributed by atoms with Crippen LogP contribution in [0, 0.1) is 0 Å². The van der Waals surface area contributed by atoms with Crippen LogP contribution in [-0.2, 0) is 6.54 Å². The Morgan fingerprint density at radius 1 is 1.36 bits per heavy atom. The summed E-state index contributed by atoms with van der Waals surface area (Å²) in [7, 11) is 1.78. The highest BCUT2D eigenvalue weighted by molar-refractivity contribution is 7.09. The van der Waals surface area contributed by atoms with Crippen molar-refractivity contribution < 1.29 is 14.3 Å². The first-order valence-electron chi connectivity index (χ1n) is 7.14. The molecule has 2 heterocycles. The van der Waals surface area contributed by atoms with Crippen molar-refractivity contribution in [2.24, 2.45) is 0 Å². The van der Waals surface area contributed by atoms with Gasteiger partial charge in [-0.2, -0.15) is 0 Å². The Bertz CT molecular complexity index is 696. The van der Waals surface area contributed by atoms with E-state index in [4.69, 9.17) is 9.47 Å². The van der Waals surface area contributed by atoms with E-state index in [2.05, 4.69) is 18.8 Å². The van der Waals surface area contributed by atoms with Gasteiger partial charge in [0.15, 0.2) is 11.5 Å². The van der Waals surface area contributed by atoms with Crippen molar-refractivity contribution in [3.63, 3.8) is 0 Å². The summed E-state index contributed by atoms with van der Waals surface area (Å²) in [4.78, 5) is 18.7. The molecule has 116 valence electrons. The van der Waals surface area contributed by atoms with Gasteiger partial charge in [0.05, 0.1) is 17.2 Å². The molecule has 0 unspecified atom stereocenters. The number of hydrogen-bond donors (Lipinski definition) is 0. The van der Waals surface area contributed by atoms with Gasteiger partial charge in [-0.1, -0.05) is 13.8 Å². The molecular weight excluding hydrogens is 300 g/mol. The van der Waals surface area contributed by atoms with Gasteiger partial charge < -0.3 is 14.4 Å². The predicted molar refractivity (Wildman–Crippen MR) is 84.6 cm³/mol. The maximum absolute atomic E-state index is 12.5. The van der Waals surface area contributed by atoms with Gasteiger partial charge in [0.25, 0.3) is 5.91 Å². The Labute approximate surface area is 133 Å². The zero-order valence-electron chi connectivity index (χ0n) is 12.8. The van der Waals surface area contributed by atoms with Gasteiger partial charge in [0.1, 0.15) is 0 Å². The highest BCUT2D eigenvalue weighted by atomic mass is 32.1. The fourth-order valence-corrected chi connectivity index (χ4v) is 3.05. The SMILES string of the molecule is CC(C)c1nc(CN(C)C(=O)c2ccc3c(c2)OCO3)cs1. The Balaban J connectivity index is 1.71. The van der Waals surface area contributed by atoms with Crippen molar-refractivity contribution >= 4 is 17.2 Å². The van der Waals surface area contributed by atoms with E-state index in [1.807, 2.05) is 5.38 Å². The molecule has 22 heavy (non-hydrogen) atoms. The topological polar surface area (TPSA) is 51.7 Å². The molecular formula is C16H18N2O3S. The summed E-state index contributed by atoms with van der Waals surface area (Å²) in [5.74, 6) is 1.65. The zero-order valence-corrected chi connectivity index (χ0v) is 13.6. The van der Waals surface area contributed by atoms with Crippen LogP contribution in [0.3, 0.4) is 0 Å². The molecule has 1 aliphatic rings.